The SMILES string of the molecule is CCN(C(C)=O)C(C)C. The van der Waals surface area contributed by atoms with E-state index in [1.54, 1.807) is 6.92 Å². The Hall–Kier alpha value is -0.530. The fourth-order valence-corrected chi connectivity index (χ4v) is 0.951. The zero-order chi connectivity index (χ0) is 7.44. The Morgan fingerprint density at radius 3 is 2.00 bits per heavy atom. The van der Waals surface area contributed by atoms with Crippen LogP contribution in [0.4, 0.5) is 0 Å². The number of rotatable bonds is 2. The van der Waals surface area contributed by atoms with Crippen LogP contribution in [0.25, 0.3) is 0 Å². The fourth-order valence-electron chi connectivity index (χ4n) is 0.951. The monoisotopic (exact) mass is 129 g/mol. The van der Waals surface area contributed by atoms with Crippen LogP contribution < -0.4 is 0 Å². The van der Waals surface area contributed by atoms with Crippen LogP contribution in [0.2, 0.25) is 0 Å². The summed E-state index contributed by atoms with van der Waals surface area (Å²) >= 11 is 0. The minimum absolute atomic E-state index is 0.160. The molecule has 0 radical (unpaired) electrons. The first-order chi connectivity index (χ1) is 4.09. The molecule has 0 unspecified atom stereocenters. The highest BCUT2D eigenvalue weighted by atomic mass is 16.2. The summed E-state index contributed by atoms with van der Waals surface area (Å²) in [4.78, 5) is 12.6. The van der Waals surface area contributed by atoms with Gasteiger partial charge in [0.05, 0.1) is 0 Å². The Morgan fingerprint density at radius 2 is 2.00 bits per heavy atom. The molecule has 0 aromatic rings. The second-order valence-electron chi connectivity index (χ2n) is 2.40. The quantitative estimate of drug-likeness (QED) is 0.549. The third kappa shape index (κ3) is 2.49. The Bertz CT molecular complexity index is 99.1. The van der Waals surface area contributed by atoms with E-state index >= 15 is 0 Å². The number of nitrogens with zero attached hydrogens (tertiary/aromatic N) is 1. The van der Waals surface area contributed by atoms with Crippen molar-refractivity contribution in [1.29, 1.82) is 0 Å². The van der Waals surface area contributed by atoms with Gasteiger partial charge in [-0.1, -0.05) is 0 Å². The zero-order valence-electron chi connectivity index (χ0n) is 6.64. The van der Waals surface area contributed by atoms with E-state index in [-0.39, 0.29) is 5.91 Å². The zero-order valence-corrected chi connectivity index (χ0v) is 6.64. The van der Waals surface area contributed by atoms with Crippen molar-refractivity contribution in [3.8, 4) is 0 Å². The molecule has 2 nitrogen and oxygen atoms in total. The average molecular weight is 129 g/mol. The van der Waals surface area contributed by atoms with Gasteiger partial charge in [0.25, 0.3) is 0 Å². The maximum atomic E-state index is 10.7. The van der Waals surface area contributed by atoms with Crippen LogP contribution in [0, 0.1) is 0 Å². The molecule has 0 N–H and O–H groups in total. The molecule has 0 saturated carbocycles. The normalized spacial score (nSPS) is 9.89. The van der Waals surface area contributed by atoms with Crippen molar-refractivity contribution in [2.45, 2.75) is 33.7 Å². The predicted octanol–water partition coefficient (Wildman–Crippen LogP) is 1.26. The van der Waals surface area contributed by atoms with Crippen LogP contribution in [0.3, 0.4) is 0 Å². The van der Waals surface area contributed by atoms with Crippen molar-refractivity contribution in [3.05, 3.63) is 0 Å². The Kier molecular flexibility index (Phi) is 3.28. The highest BCUT2D eigenvalue weighted by Gasteiger charge is 2.07. The first-order valence-corrected chi connectivity index (χ1v) is 3.36. The molecular formula is C7H15NO. The van der Waals surface area contributed by atoms with Gasteiger partial charge in [0.2, 0.25) is 5.91 Å². The van der Waals surface area contributed by atoms with Gasteiger partial charge in [-0.3, -0.25) is 4.79 Å². The molecule has 0 aliphatic rings. The molecule has 0 heterocycles. The van der Waals surface area contributed by atoms with E-state index in [4.69, 9.17) is 0 Å². The summed E-state index contributed by atoms with van der Waals surface area (Å²) in [7, 11) is 0. The first-order valence-electron chi connectivity index (χ1n) is 3.36. The molecule has 9 heavy (non-hydrogen) atoms. The van der Waals surface area contributed by atoms with Gasteiger partial charge in [0.15, 0.2) is 0 Å². The lowest BCUT2D eigenvalue weighted by molar-refractivity contribution is -0.130. The van der Waals surface area contributed by atoms with E-state index in [1.807, 2.05) is 25.7 Å². The van der Waals surface area contributed by atoms with E-state index in [9.17, 15) is 4.79 Å². The highest BCUT2D eigenvalue weighted by Crippen LogP contribution is 1.96. The second-order valence-corrected chi connectivity index (χ2v) is 2.40. The second kappa shape index (κ2) is 3.49. The van der Waals surface area contributed by atoms with E-state index in [2.05, 4.69) is 0 Å². The molecule has 2 heteroatoms. The smallest absolute Gasteiger partial charge is 0.219 e. The van der Waals surface area contributed by atoms with Gasteiger partial charge in [-0.2, -0.15) is 0 Å². The summed E-state index contributed by atoms with van der Waals surface area (Å²) in [6, 6.07) is 0.340. The lowest BCUT2D eigenvalue weighted by atomic mass is 10.3. The average Bonchev–Trinajstić information content (AvgIpc) is 1.64. The Labute approximate surface area is 56.9 Å². The molecule has 0 aromatic heterocycles. The lowest BCUT2D eigenvalue weighted by Crippen LogP contribution is -2.34. The summed E-state index contributed by atoms with van der Waals surface area (Å²) in [5.41, 5.74) is 0. The maximum absolute atomic E-state index is 10.7. The van der Waals surface area contributed by atoms with Crippen LogP contribution in [0.15, 0.2) is 0 Å². The molecule has 0 aliphatic heterocycles. The van der Waals surface area contributed by atoms with E-state index in [0.29, 0.717) is 6.04 Å². The number of carbonyl (C=O) groups excluding carboxylic acids is 1. The largest absolute Gasteiger partial charge is 0.341 e. The van der Waals surface area contributed by atoms with Gasteiger partial charge < -0.3 is 4.90 Å². The molecule has 0 aliphatic carbocycles. The van der Waals surface area contributed by atoms with Crippen molar-refractivity contribution in [2.75, 3.05) is 6.54 Å². The first kappa shape index (κ1) is 8.47. The van der Waals surface area contributed by atoms with Crippen LogP contribution in [0.1, 0.15) is 27.7 Å². The molecule has 54 valence electrons. The molecule has 0 atom stereocenters. The third-order valence-electron chi connectivity index (χ3n) is 1.37. The van der Waals surface area contributed by atoms with Gasteiger partial charge in [-0.15, -0.1) is 0 Å². The van der Waals surface area contributed by atoms with Gasteiger partial charge in [0, 0.05) is 19.5 Å². The molecular weight excluding hydrogens is 114 g/mol. The molecule has 0 bridgehead atoms. The van der Waals surface area contributed by atoms with Crippen molar-refractivity contribution in [1.82, 2.24) is 4.90 Å². The highest BCUT2D eigenvalue weighted by molar-refractivity contribution is 5.73. The Balaban J connectivity index is 3.83. The summed E-state index contributed by atoms with van der Waals surface area (Å²) < 4.78 is 0. The third-order valence-corrected chi connectivity index (χ3v) is 1.37. The van der Waals surface area contributed by atoms with Crippen molar-refractivity contribution in [3.63, 3.8) is 0 Å². The molecule has 0 fully saturated rings. The van der Waals surface area contributed by atoms with Gasteiger partial charge >= 0.3 is 0 Å². The van der Waals surface area contributed by atoms with E-state index < -0.39 is 0 Å². The van der Waals surface area contributed by atoms with Crippen LogP contribution >= 0.6 is 0 Å². The van der Waals surface area contributed by atoms with E-state index in [0.717, 1.165) is 6.54 Å². The number of amides is 1. The summed E-state index contributed by atoms with van der Waals surface area (Å²) in [6.07, 6.45) is 0. The van der Waals surface area contributed by atoms with Crippen LogP contribution in [-0.2, 0) is 4.79 Å². The van der Waals surface area contributed by atoms with Gasteiger partial charge in [0.1, 0.15) is 0 Å². The molecule has 0 aromatic carbocycles. The topological polar surface area (TPSA) is 20.3 Å². The maximum Gasteiger partial charge on any atom is 0.219 e. The van der Waals surface area contributed by atoms with Crippen molar-refractivity contribution < 1.29 is 4.79 Å². The minimum Gasteiger partial charge on any atom is -0.341 e. The van der Waals surface area contributed by atoms with Crippen LogP contribution in [0.5, 0.6) is 0 Å². The molecule has 0 spiro atoms. The van der Waals surface area contributed by atoms with Crippen LogP contribution in [-0.4, -0.2) is 23.4 Å². The van der Waals surface area contributed by atoms with E-state index in [1.165, 1.54) is 0 Å². The summed E-state index contributed by atoms with van der Waals surface area (Å²) in [5, 5.41) is 0. The number of hydrogen-bond acceptors (Lipinski definition) is 1. The Morgan fingerprint density at radius 1 is 1.56 bits per heavy atom. The summed E-state index contributed by atoms with van der Waals surface area (Å²) in [6.45, 7) is 8.44. The molecule has 0 rings (SSSR count). The standard InChI is InChI=1S/C7H15NO/c1-5-8(6(2)3)7(4)9/h6H,5H2,1-4H3. The summed E-state index contributed by atoms with van der Waals surface area (Å²) in [5.74, 6) is 0.160. The van der Waals surface area contributed by atoms with Gasteiger partial charge in [-0.25, -0.2) is 0 Å². The number of carbonyl (C=O) groups is 1. The van der Waals surface area contributed by atoms with Gasteiger partial charge in [-0.05, 0) is 20.8 Å². The number of hydrogen-bond donors (Lipinski definition) is 0. The fraction of sp³-hybridized carbons (Fsp3) is 0.857. The van der Waals surface area contributed by atoms with Crippen molar-refractivity contribution >= 4 is 5.91 Å². The lowest BCUT2D eigenvalue weighted by Gasteiger charge is -2.22. The minimum atomic E-state index is 0.160. The molecule has 1 amide bonds. The van der Waals surface area contributed by atoms with Crippen molar-refractivity contribution in [2.24, 2.45) is 0 Å². The predicted molar refractivity (Wildman–Crippen MR) is 38.2 cm³/mol. The molecule has 0 saturated heterocycles.